The Morgan fingerprint density at radius 3 is 2.61 bits per heavy atom. The average molecular weight is 270 g/mol. The van der Waals surface area contributed by atoms with Gasteiger partial charge in [0.2, 0.25) is 0 Å². The number of amides is 1. The fourth-order valence-electron chi connectivity index (χ4n) is 1.52. The molecule has 0 aliphatic rings. The van der Waals surface area contributed by atoms with Crippen molar-refractivity contribution >= 4 is 21.4 Å². The molecule has 0 heterocycles. The Labute approximate surface area is 107 Å². The minimum absolute atomic E-state index is 0.0661. The molecule has 0 aliphatic heterocycles. The van der Waals surface area contributed by atoms with Crippen LogP contribution in [0.1, 0.15) is 22.3 Å². The van der Waals surface area contributed by atoms with Crippen molar-refractivity contribution in [2.24, 2.45) is 0 Å². The molecule has 0 saturated heterocycles. The van der Waals surface area contributed by atoms with Crippen molar-refractivity contribution < 1.29 is 13.2 Å². The van der Waals surface area contributed by atoms with E-state index in [1.807, 2.05) is 13.0 Å². The summed E-state index contributed by atoms with van der Waals surface area (Å²) >= 11 is 0. The molecule has 0 bridgehead atoms. The third-order valence-electron chi connectivity index (χ3n) is 2.43. The van der Waals surface area contributed by atoms with E-state index in [0.717, 1.165) is 5.56 Å². The van der Waals surface area contributed by atoms with Crippen molar-refractivity contribution in [1.82, 2.24) is 5.32 Å². The molecule has 0 aliphatic carbocycles. The van der Waals surface area contributed by atoms with Gasteiger partial charge in [0.1, 0.15) is 9.84 Å². The second kappa shape index (κ2) is 5.86. The van der Waals surface area contributed by atoms with Gasteiger partial charge in [-0.25, -0.2) is 8.42 Å². The van der Waals surface area contributed by atoms with Crippen LogP contribution < -0.4 is 11.1 Å². The van der Waals surface area contributed by atoms with Gasteiger partial charge in [-0.1, -0.05) is 6.07 Å². The van der Waals surface area contributed by atoms with Gasteiger partial charge in [0.25, 0.3) is 5.91 Å². The number of hydrogen-bond acceptors (Lipinski definition) is 4. The van der Waals surface area contributed by atoms with Crippen molar-refractivity contribution in [3.8, 4) is 0 Å². The van der Waals surface area contributed by atoms with Crippen molar-refractivity contribution in [3.63, 3.8) is 0 Å². The van der Waals surface area contributed by atoms with Crippen molar-refractivity contribution in [2.45, 2.75) is 13.3 Å². The maximum absolute atomic E-state index is 11.8. The molecule has 0 spiro atoms. The number of nitrogens with one attached hydrogen (secondary N) is 1. The van der Waals surface area contributed by atoms with Crippen LogP contribution in [0.3, 0.4) is 0 Å². The maximum Gasteiger partial charge on any atom is 0.253 e. The lowest BCUT2D eigenvalue weighted by atomic mass is 10.1. The van der Waals surface area contributed by atoms with E-state index in [1.54, 1.807) is 12.1 Å². The number of carbonyl (C=O) groups is 1. The fraction of sp³-hybridized carbons (Fsp3) is 0.417. The van der Waals surface area contributed by atoms with E-state index in [1.165, 1.54) is 6.26 Å². The van der Waals surface area contributed by atoms with Crippen LogP contribution in [0.5, 0.6) is 0 Å². The van der Waals surface area contributed by atoms with Crippen molar-refractivity contribution in [3.05, 3.63) is 29.3 Å². The normalized spacial score (nSPS) is 11.2. The minimum atomic E-state index is -2.98. The molecule has 0 unspecified atom stereocenters. The first kappa shape index (κ1) is 14.5. The molecule has 1 aromatic carbocycles. The van der Waals surface area contributed by atoms with Crippen molar-refractivity contribution in [2.75, 3.05) is 24.3 Å². The Bertz CT molecular complexity index is 538. The molecule has 6 heteroatoms. The van der Waals surface area contributed by atoms with E-state index in [-0.39, 0.29) is 11.7 Å². The van der Waals surface area contributed by atoms with Gasteiger partial charge in [-0.05, 0) is 31.0 Å². The molecule has 1 rings (SSSR count). The number of benzene rings is 1. The van der Waals surface area contributed by atoms with E-state index >= 15 is 0 Å². The van der Waals surface area contributed by atoms with Gasteiger partial charge < -0.3 is 11.1 Å². The van der Waals surface area contributed by atoms with Crippen LogP contribution in [0.2, 0.25) is 0 Å². The Hall–Kier alpha value is -1.56. The molecule has 3 N–H and O–H groups in total. The van der Waals surface area contributed by atoms with E-state index in [0.29, 0.717) is 24.2 Å². The van der Waals surface area contributed by atoms with Crippen LogP contribution in [-0.4, -0.2) is 32.9 Å². The number of anilines is 1. The van der Waals surface area contributed by atoms with Crippen LogP contribution in [0.25, 0.3) is 0 Å². The van der Waals surface area contributed by atoms with Crippen LogP contribution in [-0.2, 0) is 9.84 Å². The van der Waals surface area contributed by atoms with Gasteiger partial charge in [-0.15, -0.1) is 0 Å². The second-order valence-electron chi connectivity index (χ2n) is 4.33. The minimum Gasteiger partial charge on any atom is -0.398 e. The first-order valence-electron chi connectivity index (χ1n) is 5.61. The molecular formula is C12H18N2O3S. The summed E-state index contributed by atoms with van der Waals surface area (Å²) in [5.74, 6) is -0.211. The molecule has 0 aromatic heterocycles. The lowest BCUT2D eigenvalue weighted by Gasteiger charge is -2.07. The number of sulfone groups is 1. The molecular weight excluding hydrogens is 252 g/mol. The summed E-state index contributed by atoms with van der Waals surface area (Å²) in [5.41, 5.74) is 7.57. The summed E-state index contributed by atoms with van der Waals surface area (Å²) < 4.78 is 21.8. The van der Waals surface area contributed by atoms with Gasteiger partial charge in [-0.2, -0.15) is 0 Å². The first-order valence-corrected chi connectivity index (χ1v) is 7.68. The van der Waals surface area contributed by atoms with E-state index in [4.69, 9.17) is 5.73 Å². The summed E-state index contributed by atoms with van der Waals surface area (Å²) in [7, 11) is -2.98. The predicted molar refractivity (Wildman–Crippen MR) is 72.3 cm³/mol. The summed E-state index contributed by atoms with van der Waals surface area (Å²) in [6, 6.07) is 5.20. The number of rotatable bonds is 5. The Morgan fingerprint density at radius 1 is 1.39 bits per heavy atom. The standard InChI is InChI=1S/C12H18N2O3S/c1-9-4-5-10(11(13)8-9)12(15)14-6-3-7-18(2,16)17/h4-5,8H,3,6-7,13H2,1-2H3,(H,14,15). The highest BCUT2D eigenvalue weighted by molar-refractivity contribution is 7.90. The van der Waals surface area contributed by atoms with Crippen LogP contribution in [0, 0.1) is 6.92 Å². The third-order valence-corrected chi connectivity index (χ3v) is 3.46. The van der Waals surface area contributed by atoms with E-state index < -0.39 is 9.84 Å². The largest absolute Gasteiger partial charge is 0.398 e. The van der Waals surface area contributed by atoms with Gasteiger partial charge in [0.15, 0.2) is 0 Å². The van der Waals surface area contributed by atoms with Crippen LogP contribution in [0.4, 0.5) is 5.69 Å². The van der Waals surface area contributed by atoms with E-state index in [2.05, 4.69) is 5.32 Å². The van der Waals surface area contributed by atoms with Gasteiger partial charge in [0.05, 0.1) is 11.3 Å². The molecule has 18 heavy (non-hydrogen) atoms. The summed E-state index contributed by atoms with van der Waals surface area (Å²) in [5, 5.41) is 2.65. The predicted octanol–water partition coefficient (Wildman–Crippen LogP) is 0.742. The zero-order chi connectivity index (χ0) is 13.8. The Morgan fingerprint density at radius 2 is 2.06 bits per heavy atom. The fourth-order valence-corrected chi connectivity index (χ4v) is 2.19. The van der Waals surface area contributed by atoms with Crippen molar-refractivity contribution in [1.29, 1.82) is 0 Å². The first-order chi connectivity index (χ1) is 8.29. The summed E-state index contributed by atoms with van der Waals surface area (Å²) in [6.45, 7) is 2.21. The number of nitrogens with two attached hydrogens (primary N) is 1. The molecule has 0 saturated carbocycles. The van der Waals surface area contributed by atoms with Gasteiger partial charge >= 0.3 is 0 Å². The third kappa shape index (κ3) is 4.75. The Balaban J connectivity index is 2.51. The highest BCUT2D eigenvalue weighted by atomic mass is 32.2. The molecule has 1 amide bonds. The topological polar surface area (TPSA) is 89.3 Å². The van der Waals surface area contributed by atoms with Gasteiger partial charge in [-0.3, -0.25) is 4.79 Å². The number of hydrogen-bond donors (Lipinski definition) is 2. The lowest BCUT2D eigenvalue weighted by Crippen LogP contribution is -2.26. The maximum atomic E-state index is 11.8. The van der Waals surface area contributed by atoms with Crippen LogP contribution in [0.15, 0.2) is 18.2 Å². The number of nitrogen functional groups attached to an aromatic ring is 1. The second-order valence-corrected chi connectivity index (χ2v) is 6.59. The highest BCUT2D eigenvalue weighted by Gasteiger charge is 2.09. The SMILES string of the molecule is Cc1ccc(C(=O)NCCCS(C)(=O)=O)c(N)c1. The van der Waals surface area contributed by atoms with Gasteiger partial charge in [0, 0.05) is 18.5 Å². The zero-order valence-electron chi connectivity index (χ0n) is 10.6. The molecule has 0 atom stereocenters. The average Bonchev–Trinajstić information content (AvgIpc) is 2.22. The molecule has 1 aromatic rings. The summed E-state index contributed by atoms with van der Waals surface area (Å²) in [4.78, 5) is 11.8. The number of aryl methyl sites for hydroxylation is 1. The monoisotopic (exact) mass is 270 g/mol. The molecule has 0 fully saturated rings. The number of carbonyl (C=O) groups excluding carboxylic acids is 1. The quantitative estimate of drug-likeness (QED) is 0.610. The molecule has 5 nitrogen and oxygen atoms in total. The Kier molecular flexibility index (Phi) is 4.72. The smallest absolute Gasteiger partial charge is 0.253 e. The van der Waals surface area contributed by atoms with Crippen LogP contribution >= 0.6 is 0 Å². The molecule has 0 radical (unpaired) electrons. The lowest BCUT2D eigenvalue weighted by molar-refractivity contribution is 0.0954. The highest BCUT2D eigenvalue weighted by Crippen LogP contribution is 2.13. The molecule has 100 valence electrons. The zero-order valence-corrected chi connectivity index (χ0v) is 11.4. The van der Waals surface area contributed by atoms with E-state index in [9.17, 15) is 13.2 Å². The summed E-state index contributed by atoms with van der Waals surface area (Å²) in [6.07, 6.45) is 1.57.